The van der Waals surface area contributed by atoms with Crippen molar-refractivity contribution in [1.82, 2.24) is 5.32 Å². The maximum atomic E-state index is 10.2. The molecule has 0 aromatic heterocycles. The number of hydrogen-bond donors (Lipinski definition) is 2. The van der Waals surface area contributed by atoms with Gasteiger partial charge in [-0.3, -0.25) is 0 Å². The van der Waals surface area contributed by atoms with Crippen molar-refractivity contribution in [2.45, 2.75) is 31.4 Å². The normalized spacial score (nSPS) is 25.3. The van der Waals surface area contributed by atoms with Crippen LogP contribution in [0.4, 0.5) is 0 Å². The number of benzene rings is 1. The monoisotopic (exact) mass is 303 g/mol. The highest BCUT2D eigenvalue weighted by Crippen LogP contribution is 2.27. The molecule has 1 heterocycles. The smallest absolute Gasteiger partial charge is 0.0929 e. The summed E-state index contributed by atoms with van der Waals surface area (Å²) in [7, 11) is 0. The minimum Gasteiger partial charge on any atom is -0.387 e. The van der Waals surface area contributed by atoms with E-state index in [2.05, 4.69) is 12.2 Å². The van der Waals surface area contributed by atoms with Crippen molar-refractivity contribution in [3.8, 4) is 0 Å². The second-order valence-corrected chi connectivity index (χ2v) is 6.12. The average Bonchev–Trinajstić information content (AvgIpc) is 2.40. The third-order valence-corrected chi connectivity index (χ3v) is 4.06. The van der Waals surface area contributed by atoms with E-state index in [-0.39, 0.29) is 5.54 Å². The van der Waals surface area contributed by atoms with Gasteiger partial charge in [0.1, 0.15) is 0 Å². The molecule has 0 aliphatic carbocycles. The Labute approximate surface area is 123 Å². The molecule has 2 rings (SSSR count). The van der Waals surface area contributed by atoms with E-state index < -0.39 is 6.10 Å². The molecular weight excluding hydrogens is 285 g/mol. The molecule has 5 heteroatoms. The third kappa shape index (κ3) is 4.07. The molecular formula is C14H19Cl2NO2. The van der Waals surface area contributed by atoms with Crippen molar-refractivity contribution in [2.75, 3.05) is 19.8 Å². The molecule has 1 saturated heterocycles. The van der Waals surface area contributed by atoms with Crippen LogP contribution in [0.25, 0.3) is 0 Å². The molecule has 0 radical (unpaired) electrons. The van der Waals surface area contributed by atoms with Crippen LogP contribution >= 0.6 is 23.2 Å². The van der Waals surface area contributed by atoms with E-state index >= 15 is 0 Å². The number of halogens is 2. The van der Waals surface area contributed by atoms with E-state index in [1.54, 1.807) is 18.2 Å². The second-order valence-electron chi connectivity index (χ2n) is 5.28. The Morgan fingerprint density at radius 2 is 2.26 bits per heavy atom. The third-order valence-electron chi connectivity index (χ3n) is 3.48. The van der Waals surface area contributed by atoms with E-state index in [0.717, 1.165) is 19.4 Å². The number of rotatable bonds is 4. The number of hydrogen-bond acceptors (Lipinski definition) is 3. The largest absolute Gasteiger partial charge is 0.387 e. The SMILES string of the molecule is CC1(NCC(O)c2cc(Cl)ccc2Cl)CCCOC1. The Kier molecular flexibility index (Phi) is 5.09. The first-order valence-electron chi connectivity index (χ1n) is 6.46. The van der Waals surface area contributed by atoms with Crippen molar-refractivity contribution in [2.24, 2.45) is 0 Å². The first kappa shape index (κ1) is 15.1. The van der Waals surface area contributed by atoms with Crippen LogP contribution in [0.2, 0.25) is 10.0 Å². The summed E-state index contributed by atoms with van der Waals surface area (Å²) >= 11 is 12.0. The summed E-state index contributed by atoms with van der Waals surface area (Å²) < 4.78 is 5.47. The van der Waals surface area contributed by atoms with Crippen LogP contribution in [0.5, 0.6) is 0 Å². The van der Waals surface area contributed by atoms with Gasteiger partial charge in [-0.05, 0) is 38.0 Å². The fourth-order valence-corrected chi connectivity index (χ4v) is 2.72. The fourth-order valence-electron chi connectivity index (χ4n) is 2.30. The Morgan fingerprint density at radius 1 is 1.47 bits per heavy atom. The Balaban J connectivity index is 1.97. The Morgan fingerprint density at radius 3 is 2.95 bits per heavy atom. The Hall–Kier alpha value is -0.320. The van der Waals surface area contributed by atoms with E-state index in [1.165, 1.54) is 0 Å². The highest BCUT2D eigenvalue weighted by atomic mass is 35.5. The van der Waals surface area contributed by atoms with Gasteiger partial charge in [-0.25, -0.2) is 0 Å². The first-order chi connectivity index (χ1) is 9.00. The van der Waals surface area contributed by atoms with Crippen molar-refractivity contribution >= 4 is 23.2 Å². The summed E-state index contributed by atoms with van der Waals surface area (Å²) in [6.45, 7) is 4.03. The molecule has 2 N–H and O–H groups in total. The van der Waals surface area contributed by atoms with Crippen molar-refractivity contribution in [3.05, 3.63) is 33.8 Å². The summed E-state index contributed by atoms with van der Waals surface area (Å²) in [5.74, 6) is 0. The van der Waals surface area contributed by atoms with Gasteiger partial charge in [-0.15, -0.1) is 0 Å². The number of ether oxygens (including phenoxy) is 1. The first-order valence-corrected chi connectivity index (χ1v) is 7.22. The molecule has 1 aromatic carbocycles. The summed E-state index contributed by atoms with van der Waals surface area (Å²) in [4.78, 5) is 0. The lowest BCUT2D eigenvalue weighted by molar-refractivity contribution is 0.0221. The van der Waals surface area contributed by atoms with Crippen LogP contribution in [0.3, 0.4) is 0 Å². The second kappa shape index (κ2) is 6.42. The zero-order chi connectivity index (χ0) is 13.9. The highest BCUT2D eigenvalue weighted by molar-refractivity contribution is 6.33. The molecule has 19 heavy (non-hydrogen) atoms. The topological polar surface area (TPSA) is 41.5 Å². The highest BCUT2D eigenvalue weighted by Gasteiger charge is 2.28. The molecule has 2 unspecified atom stereocenters. The van der Waals surface area contributed by atoms with E-state index in [4.69, 9.17) is 27.9 Å². The summed E-state index contributed by atoms with van der Waals surface area (Å²) in [5, 5.41) is 14.7. The summed E-state index contributed by atoms with van der Waals surface area (Å²) in [6.07, 6.45) is 1.41. The molecule has 0 bridgehead atoms. The van der Waals surface area contributed by atoms with Gasteiger partial charge in [-0.1, -0.05) is 23.2 Å². The van der Waals surface area contributed by atoms with Gasteiger partial charge in [-0.2, -0.15) is 0 Å². The predicted octanol–water partition coefficient (Wildman–Crippen LogP) is 3.19. The molecule has 1 fully saturated rings. The molecule has 2 atom stereocenters. The zero-order valence-corrected chi connectivity index (χ0v) is 12.5. The lowest BCUT2D eigenvalue weighted by Crippen LogP contribution is -2.50. The Bertz CT molecular complexity index is 433. The van der Waals surface area contributed by atoms with Gasteiger partial charge in [0.15, 0.2) is 0 Å². The van der Waals surface area contributed by atoms with Crippen LogP contribution in [0.1, 0.15) is 31.4 Å². The molecule has 0 amide bonds. The lowest BCUT2D eigenvalue weighted by Gasteiger charge is -2.35. The van der Waals surface area contributed by atoms with Crippen molar-refractivity contribution in [1.29, 1.82) is 0 Å². The van der Waals surface area contributed by atoms with Crippen molar-refractivity contribution < 1.29 is 9.84 Å². The fraction of sp³-hybridized carbons (Fsp3) is 0.571. The van der Waals surface area contributed by atoms with Crippen LogP contribution in [0.15, 0.2) is 18.2 Å². The number of nitrogens with one attached hydrogen (secondary N) is 1. The van der Waals surface area contributed by atoms with Gasteiger partial charge in [0, 0.05) is 34.3 Å². The molecule has 0 spiro atoms. The number of aliphatic hydroxyl groups excluding tert-OH is 1. The zero-order valence-electron chi connectivity index (χ0n) is 11.0. The average molecular weight is 304 g/mol. The molecule has 106 valence electrons. The summed E-state index contributed by atoms with van der Waals surface area (Å²) in [6, 6.07) is 5.12. The van der Waals surface area contributed by atoms with E-state index in [0.29, 0.717) is 28.8 Å². The number of β-amino-alcohol motifs (C(OH)–C–C–N with tert-alkyl or cyclic N) is 1. The van der Waals surface area contributed by atoms with Crippen LogP contribution < -0.4 is 5.32 Å². The van der Waals surface area contributed by atoms with E-state index in [9.17, 15) is 5.11 Å². The maximum Gasteiger partial charge on any atom is 0.0929 e. The van der Waals surface area contributed by atoms with Crippen LogP contribution in [0, 0.1) is 0 Å². The van der Waals surface area contributed by atoms with E-state index in [1.807, 2.05) is 0 Å². The standard InChI is InChI=1S/C14H19Cl2NO2/c1-14(5-2-6-19-9-14)17-8-13(18)11-7-10(15)3-4-12(11)16/h3-4,7,13,17-18H,2,5-6,8-9H2,1H3. The minimum atomic E-state index is -0.676. The van der Waals surface area contributed by atoms with Crippen molar-refractivity contribution in [3.63, 3.8) is 0 Å². The maximum absolute atomic E-state index is 10.2. The van der Waals surface area contributed by atoms with Crippen LogP contribution in [-0.2, 0) is 4.74 Å². The molecule has 3 nitrogen and oxygen atoms in total. The molecule has 1 aliphatic heterocycles. The molecule has 1 aliphatic rings. The quantitative estimate of drug-likeness (QED) is 0.897. The predicted molar refractivity (Wildman–Crippen MR) is 77.9 cm³/mol. The van der Waals surface area contributed by atoms with Gasteiger partial charge >= 0.3 is 0 Å². The minimum absolute atomic E-state index is 0.0791. The summed E-state index contributed by atoms with van der Waals surface area (Å²) in [5.41, 5.74) is 0.576. The van der Waals surface area contributed by atoms with Gasteiger partial charge in [0.25, 0.3) is 0 Å². The van der Waals surface area contributed by atoms with Gasteiger partial charge in [0.2, 0.25) is 0 Å². The van der Waals surface area contributed by atoms with Gasteiger partial charge in [0.05, 0.1) is 12.7 Å². The molecule has 0 saturated carbocycles. The van der Waals surface area contributed by atoms with Gasteiger partial charge < -0.3 is 15.2 Å². The lowest BCUT2D eigenvalue weighted by atomic mass is 9.94. The number of aliphatic hydroxyl groups is 1. The van der Waals surface area contributed by atoms with Crippen LogP contribution in [-0.4, -0.2) is 30.4 Å². The molecule has 1 aromatic rings.